The van der Waals surface area contributed by atoms with Crippen LogP contribution in [0.2, 0.25) is 0 Å². The van der Waals surface area contributed by atoms with Crippen LogP contribution in [0.15, 0.2) is 0 Å². The summed E-state index contributed by atoms with van der Waals surface area (Å²) in [6.07, 6.45) is 4.63. The minimum atomic E-state index is -0.329. The third kappa shape index (κ3) is 2.33. The molecule has 0 aromatic carbocycles. The van der Waals surface area contributed by atoms with Crippen LogP contribution in [0.3, 0.4) is 0 Å². The Balaban J connectivity index is 1.83. The van der Waals surface area contributed by atoms with Gasteiger partial charge in [-0.05, 0) is 24.7 Å². The van der Waals surface area contributed by atoms with E-state index < -0.39 is 0 Å². The van der Waals surface area contributed by atoms with Gasteiger partial charge in [0.2, 0.25) is 5.91 Å². The van der Waals surface area contributed by atoms with Gasteiger partial charge in [-0.1, -0.05) is 26.7 Å². The largest absolute Gasteiger partial charge is 0.391 e. The van der Waals surface area contributed by atoms with Gasteiger partial charge in [-0.15, -0.1) is 0 Å². The highest BCUT2D eigenvalue weighted by atomic mass is 16.3. The maximum atomic E-state index is 11.8. The molecule has 0 aliphatic heterocycles. The van der Waals surface area contributed by atoms with Crippen molar-refractivity contribution in [1.82, 2.24) is 5.32 Å². The molecule has 3 nitrogen and oxygen atoms in total. The molecule has 2 fully saturated rings. The van der Waals surface area contributed by atoms with Crippen LogP contribution in [0.5, 0.6) is 0 Å². The second kappa shape index (κ2) is 3.78. The third-order valence-electron chi connectivity index (χ3n) is 3.89. The first-order valence-corrected chi connectivity index (χ1v) is 5.99. The quantitative estimate of drug-likeness (QED) is 0.726. The van der Waals surface area contributed by atoms with Crippen LogP contribution in [0.4, 0.5) is 0 Å². The van der Waals surface area contributed by atoms with Crippen molar-refractivity contribution in [2.24, 2.45) is 11.3 Å². The number of nitrogens with one attached hydrogen (secondary N) is 1. The van der Waals surface area contributed by atoms with Gasteiger partial charge in [0.05, 0.1) is 12.1 Å². The van der Waals surface area contributed by atoms with E-state index >= 15 is 0 Å². The molecule has 0 aromatic heterocycles. The summed E-state index contributed by atoms with van der Waals surface area (Å²) in [5, 5.41) is 12.7. The van der Waals surface area contributed by atoms with E-state index in [1.165, 1.54) is 0 Å². The molecule has 2 rings (SSSR count). The van der Waals surface area contributed by atoms with Crippen LogP contribution in [0.1, 0.15) is 46.0 Å². The minimum Gasteiger partial charge on any atom is -0.391 e. The summed E-state index contributed by atoms with van der Waals surface area (Å²) in [6, 6.07) is 0.00245. The van der Waals surface area contributed by atoms with Gasteiger partial charge in [0, 0.05) is 5.92 Å². The van der Waals surface area contributed by atoms with Gasteiger partial charge >= 0.3 is 0 Å². The summed E-state index contributed by atoms with van der Waals surface area (Å²) < 4.78 is 0. The van der Waals surface area contributed by atoms with E-state index in [0.29, 0.717) is 0 Å². The number of hydrogen-bond acceptors (Lipinski definition) is 2. The summed E-state index contributed by atoms with van der Waals surface area (Å²) in [5.41, 5.74) is 0.184. The molecular formula is C12H21NO2. The first-order chi connectivity index (χ1) is 7.00. The Kier molecular flexibility index (Phi) is 2.75. The molecule has 0 bridgehead atoms. The van der Waals surface area contributed by atoms with Crippen LogP contribution < -0.4 is 5.32 Å². The second-order valence-electron chi connectivity index (χ2n) is 5.71. The van der Waals surface area contributed by atoms with Gasteiger partial charge in [-0.2, -0.15) is 0 Å². The number of rotatable bonds is 2. The van der Waals surface area contributed by atoms with E-state index in [-0.39, 0.29) is 29.4 Å². The Morgan fingerprint density at radius 1 is 1.33 bits per heavy atom. The summed E-state index contributed by atoms with van der Waals surface area (Å²) >= 11 is 0. The number of amides is 1. The molecule has 3 heteroatoms. The third-order valence-corrected chi connectivity index (χ3v) is 3.89. The van der Waals surface area contributed by atoms with E-state index in [1.54, 1.807) is 0 Å². The first-order valence-electron chi connectivity index (χ1n) is 5.99. The molecule has 2 N–H and O–H groups in total. The second-order valence-corrected chi connectivity index (χ2v) is 5.71. The van der Waals surface area contributed by atoms with Crippen molar-refractivity contribution in [3.8, 4) is 0 Å². The highest BCUT2D eigenvalue weighted by molar-refractivity contribution is 5.82. The van der Waals surface area contributed by atoms with Crippen LogP contribution >= 0.6 is 0 Å². The van der Waals surface area contributed by atoms with E-state index in [2.05, 4.69) is 19.2 Å². The van der Waals surface area contributed by atoms with Crippen molar-refractivity contribution in [2.75, 3.05) is 0 Å². The van der Waals surface area contributed by atoms with Crippen molar-refractivity contribution < 1.29 is 9.90 Å². The van der Waals surface area contributed by atoms with Crippen molar-refractivity contribution >= 4 is 5.91 Å². The average Bonchev–Trinajstić information content (AvgIpc) is 2.79. The predicted octanol–water partition coefficient (Wildman–Crippen LogP) is 1.45. The highest BCUT2D eigenvalue weighted by Crippen LogP contribution is 2.51. The fourth-order valence-corrected chi connectivity index (χ4v) is 2.48. The molecule has 0 aromatic rings. The highest BCUT2D eigenvalue weighted by Gasteiger charge is 2.51. The monoisotopic (exact) mass is 211 g/mol. The standard InChI is InChI=1S/C12H21NO2/c1-12(2)7-8(12)11(15)13-9-5-3-4-6-10(9)14/h8-10,14H,3-7H2,1-2H3,(H,13,15)/t8?,9-,10-/m1/s1. The number of carbonyl (C=O) groups is 1. The molecule has 86 valence electrons. The van der Waals surface area contributed by atoms with Crippen LogP contribution in [0, 0.1) is 11.3 Å². The molecule has 2 aliphatic rings. The molecule has 0 radical (unpaired) electrons. The maximum Gasteiger partial charge on any atom is 0.223 e. The normalized spacial score (nSPS) is 38.5. The molecule has 2 saturated carbocycles. The summed E-state index contributed by atoms with van der Waals surface area (Å²) in [4.78, 5) is 11.8. The van der Waals surface area contributed by atoms with E-state index in [9.17, 15) is 9.90 Å². The van der Waals surface area contributed by atoms with Gasteiger partial charge in [-0.25, -0.2) is 0 Å². The molecule has 1 unspecified atom stereocenters. The van der Waals surface area contributed by atoms with Crippen LogP contribution in [-0.4, -0.2) is 23.2 Å². The van der Waals surface area contributed by atoms with E-state index in [4.69, 9.17) is 0 Å². The lowest BCUT2D eigenvalue weighted by Gasteiger charge is -2.28. The molecule has 2 aliphatic carbocycles. The number of aliphatic hydroxyl groups is 1. The fourth-order valence-electron chi connectivity index (χ4n) is 2.48. The van der Waals surface area contributed by atoms with Crippen molar-refractivity contribution in [2.45, 2.75) is 58.1 Å². The van der Waals surface area contributed by atoms with Crippen LogP contribution in [-0.2, 0) is 4.79 Å². The zero-order valence-electron chi connectivity index (χ0n) is 9.62. The zero-order chi connectivity index (χ0) is 11.1. The molecule has 0 saturated heterocycles. The van der Waals surface area contributed by atoms with Gasteiger partial charge in [0.1, 0.15) is 0 Å². The lowest BCUT2D eigenvalue weighted by atomic mass is 9.92. The van der Waals surface area contributed by atoms with Gasteiger partial charge in [0.15, 0.2) is 0 Å². The van der Waals surface area contributed by atoms with Crippen molar-refractivity contribution in [3.63, 3.8) is 0 Å². The Hall–Kier alpha value is -0.570. The maximum absolute atomic E-state index is 11.8. The number of carbonyl (C=O) groups excluding carboxylic acids is 1. The summed E-state index contributed by atoms with van der Waals surface area (Å²) in [5.74, 6) is 0.317. The summed E-state index contributed by atoms with van der Waals surface area (Å²) in [6.45, 7) is 4.24. The number of hydrogen-bond donors (Lipinski definition) is 2. The van der Waals surface area contributed by atoms with Gasteiger partial charge in [0.25, 0.3) is 0 Å². The Bertz CT molecular complexity index is 262. The first kappa shape index (κ1) is 10.9. The van der Waals surface area contributed by atoms with Crippen molar-refractivity contribution in [3.05, 3.63) is 0 Å². The van der Waals surface area contributed by atoms with Gasteiger partial charge < -0.3 is 10.4 Å². The molecular weight excluding hydrogens is 190 g/mol. The average molecular weight is 211 g/mol. The Morgan fingerprint density at radius 3 is 2.47 bits per heavy atom. The molecule has 3 atom stereocenters. The Labute approximate surface area is 91.2 Å². The molecule has 0 spiro atoms. The molecule has 1 amide bonds. The fraction of sp³-hybridized carbons (Fsp3) is 0.917. The Morgan fingerprint density at radius 2 is 1.93 bits per heavy atom. The van der Waals surface area contributed by atoms with Gasteiger partial charge in [-0.3, -0.25) is 4.79 Å². The SMILES string of the molecule is CC1(C)CC1C(=O)N[C@@H]1CCCC[C@H]1O. The van der Waals surface area contributed by atoms with E-state index in [1.807, 2.05) is 0 Å². The topological polar surface area (TPSA) is 49.3 Å². The van der Waals surface area contributed by atoms with Crippen LogP contribution in [0.25, 0.3) is 0 Å². The zero-order valence-corrected chi connectivity index (χ0v) is 9.62. The van der Waals surface area contributed by atoms with Crippen molar-refractivity contribution in [1.29, 1.82) is 0 Å². The lowest BCUT2D eigenvalue weighted by molar-refractivity contribution is -0.124. The predicted molar refractivity (Wildman–Crippen MR) is 58.3 cm³/mol. The summed E-state index contributed by atoms with van der Waals surface area (Å²) in [7, 11) is 0. The number of aliphatic hydroxyl groups excluding tert-OH is 1. The van der Waals surface area contributed by atoms with E-state index in [0.717, 1.165) is 32.1 Å². The lowest BCUT2D eigenvalue weighted by Crippen LogP contribution is -2.46. The smallest absolute Gasteiger partial charge is 0.223 e. The molecule has 15 heavy (non-hydrogen) atoms. The molecule has 0 heterocycles. The minimum absolute atomic E-state index is 0.00245.